The molecule has 3 rings (SSSR count). The number of hydrogen-bond acceptors (Lipinski definition) is 4. The fraction of sp³-hybridized carbons (Fsp3) is 0.412. The molecule has 5 nitrogen and oxygen atoms in total. The molecule has 0 spiro atoms. The number of carbonyl (C=O) groups excluding carboxylic acids is 1. The molecule has 2 aromatic heterocycles. The van der Waals surface area contributed by atoms with Crippen molar-refractivity contribution < 1.29 is 13.9 Å². The number of nitrogens with zero attached hydrogens (tertiary/aromatic N) is 2. The van der Waals surface area contributed by atoms with E-state index in [-0.39, 0.29) is 5.91 Å². The van der Waals surface area contributed by atoms with Gasteiger partial charge in [0.15, 0.2) is 0 Å². The summed E-state index contributed by atoms with van der Waals surface area (Å²) in [6.45, 7) is 2.65. The third-order valence-corrected chi connectivity index (χ3v) is 4.09. The summed E-state index contributed by atoms with van der Waals surface area (Å²) in [5, 5.41) is 0. The van der Waals surface area contributed by atoms with E-state index in [1.165, 1.54) is 13.5 Å². The van der Waals surface area contributed by atoms with Gasteiger partial charge in [-0.05, 0) is 36.6 Å². The average Bonchev–Trinajstić information content (AvgIpc) is 3.08. The van der Waals surface area contributed by atoms with Crippen LogP contribution < -0.4 is 4.74 Å². The zero-order chi connectivity index (χ0) is 15.7. The van der Waals surface area contributed by atoms with Gasteiger partial charge in [0.25, 0.3) is 5.91 Å². The Bertz CT molecular complexity index is 680. The van der Waals surface area contributed by atoms with Gasteiger partial charge in [0.1, 0.15) is 17.1 Å². The lowest BCUT2D eigenvalue weighted by Gasteiger charge is -2.16. The monoisotopic (exact) mass is 300 g/mol. The van der Waals surface area contributed by atoms with Crippen molar-refractivity contribution in [3.05, 3.63) is 47.5 Å². The molecular weight excluding hydrogens is 280 g/mol. The molecule has 116 valence electrons. The summed E-state index contributed by atoms with van der Waals surface area (Å²) in [5.74, 6) is 3.29. The highest BCUT2D eigenvalue weighted by atomic mass is 16.5. The fourth-order valence-electron chi connectivity index (χ4n) is 2.62. The Hall–Kier alpha value is -2.30. The van der Waals surface area contributed by atoms with Crippen LogP contribution in [0, 0.1) is 5.92 Å². The molecule has 1 aliphatic carbocycles. The Morgan fingerprint density at radius 1 is 1.45 bits per heavy atom. The Labute approximate surface area is 129 Å². The summed E-state index contributed by atoms with van der Waals surface area (Å²) in [6.07, 6.45) is 2.79. The Morgan fingerprint density at radius 2 is 2.23 bits per heavy atom. The number of methoxy groups -OCH3 is 1. The van der Waals surface area contributed by atoms with Crippen molar-refractivity contribution in [3.8, 4) is 5.88 Å². The lowest BCUT2D eigenvalue weighted by Crippen LogP contribution is -2.26. The number of hydrogen-bond donors (Lipinski definition) is 0. The molecule has 0 aromatic carbocycles. The predicted molar refractivity (Wildman–Crippen MR) is 81.8 cm³/mol. The summed E-state index contributed by atoms with van der Waals surface area (Å²) in [6, 6.07) is 7.41. The van der Waals surface area contributed by atoms with Gasteiger partial charge in [-0.15, -0.1) is 0 Å². The van der Waals surface area contributed by atoms with Crippen LogP contribution in [0.3, 0.4) is 0 Å². The number of carbonyl (C=O) groups is 1. The third kappa shape index (κ3) is 2.84. The van der Waals surface area contributed by atoms with Crippen molar-refractivity contribution in [1.29, 1.82) is 0 Å². The van der Waals surface area contributed by atoms with Crippen LogP contribution in [0.2, 0.25) is 0 Å². The number of aromatic nitrogens is 1. The first-order valence-corrected chi connectivity index (χ1v) is 7.43. The maximum absolute atomic E-state index is 12.5. The molecule has 2 heterocycles. The summed E-state index contributed by atoms with van der Waals surface area (Å²) >= 11 is 0. The van der Waals surface area contributed by atoms with Gasteiger partial charge >= 0.3 is 0 Å². The first-order chi connectivity index (χ1) is 10.6. The molecule has 0 radical (unpaired) electrons. The normalized spacial score (nSPS) is 19.8. The highest BCUT2D eigenvalue weighted by Crippen LogP contribution is 2.47. The van der Waals surface area contributed by atoms with Crippen LogP contribution in [-0.2, 0) is 6.54 Å². The fourth-order valence-corrected chi connectivity index (χ4v) is 2.62. The smallest absolute Gasteiger partial charge is 0.259 e. The van der Waals surface area contributed by atoms with E-state index in [1.807, 2.05) is 12.1 Å². The first kappa shape index (κ1) is 14.6. The lowest BCUT2D eigenvalue weighted by atomic mass is 10.2. The molecular formula is C17H20N2O3. The number of amides is 1. The van der Waals surface area contributed by atoms with Crippen LogP contribution in [0.1, 0.15) is 41.1 Å². The molecule has 1 aliphatic rings. The summed E-state index contributed by atoms with van der Waals surface area (Å²) in [7, 11) is 3.26. The van der Waals surface area contributed by atoms with E-state index in [0.717, 1.165) is 11.5 Å². The van der Waals surface area contributed by atoms with Crippen LogP contribution in [0.4, 0.5) is 0 Å². The molecule has 0 saturated heterocycles. The van der Waals surface area contributed by atoms with Gasteiger partial charge in [-0.25, -0.2) is 4.98 Å². The zero-order valence-corrected chi connectivity index (χ0v) is 13.1. The van der Waals surface area contributed by atoms with Crippen LogP contribution in [0.15, 0.2) is 34.9 Å². The van der Waals surface area contributed by atoms with E-state index in [0.29, 0.717) is 29.8 Å². The average molecular weight is 300 g/mol. The van der Waals surface area contributed by atoms with E-state index in [1.54, 1.807) is 30.3 Å². The minimum Gasteiger partial charge on any atom is -0.480 e. The minimum absolute atomic E-state index is 0.136. The number of ether oxygens (including phenoxy) is 1. The first-order valence-electron chi connectivity index (χ1n) is 7.43. The Balaban J connectivity index is 1.69. The molecule has 2 atom stereocenters. The molecule has 5 heteroatoms. The van der Waals surface area contributed by atoms with E-state index >= 15 is 0 Å². The molecule has 0 N–H and O–H groups in total. The standard InChI is InChI=1S/C17H20N2O3/c1-11-9-14(11)15-7-6-12(22-15)10-19(2)17(20)13-5-4-8-18-16(13)21-3/h4-8,11,14H,9-10H2,1-3H3. The van der Waals surface area contributed by atoms with Crippen molar-refractivity contribution in [3.63, 3.8) is 0 Å². The van der Waals surface area contributed by atoms with Crippen molar-refractivity contribution in [2.45, 2.75) is 25.8 Å². The topological polar surface area (TPSA) is 55.6 Å². The predicted octanol–water partition coefficient (Wildman–Crippen LogP) is 3.08. The van der Waals surface area contributed by atoms with Gasteiger partial charge in [0, 0.05) is 19.2 Å². The van der Waals surface area contributed by atoms with Crippen molar-refractivity contribution in [2.75, 3.05) is 14.2 Å². The second kappa shape index (κ2) is 5.83. The van der Waals surface area contributed by atoms with Crippen LogP contribution in [0.5, 0.6) is 5.88 Å². The van der Waals surface area contributed by atoms with Crippen molar-refractivity contribution >= 4 is 5.91 Å². The van der Waals surface area contributed by atoms with Crippen molar-refractivity contribution in [2.24, 2.45) is 5.92 Å². The van der Waals surface area contributed by atoms with Gasteiger partial charge in [-0.2, -0.15) is 0 Å². The second-order valence-corrected chi connectivity index (χ2v) is 5.85. The summed E-state index contributed by atoms with van der Waals surface area (Å²) in [4.78, 5) is 18.2. The van der Waals surface area contributed by atoms with Crippen LogP contribution in [-0.4, -0.2) is 29.9 Å². The number of rotatable bonds is 5. The molecule has 1 saturated carbocycles. The Morgan fingerprint density at radius 3 is 2.91 bits per heavy atom. The molecule has 2 aromatic rings. The highest BCUT2D eigenvalue weighted by Gasteiger charge is 2.36. The quantitative estimate of drug-likeness (QED) is 0.851. The van der Waals surface area contributed by atoms with Gasteiger partial charge in [0.2, 0.25) is 5.88 Å². The van der Waals surface area contributed by atoms with Gasteiger partial charge in [0.05, 0.1) is 13.7 Å². The highest BCUT2D eigenvalue weighted by molar-refractivity contribution is 5.96. The summed E-state index contributed by atoms with van der Waals surface area (Å²) in [5.41, 5.74) is 0.454. The summed E-state index contributed by atoms with van der Waals surface area (Å²) < 4.78 is 11.0. The van der Waals surface area contributed by atoms with E-state index in [4.69, 9.17) is 9.15 Å². The van der Waals surface area contributed by atoms with E-state index < -0.39 is 0 Å². The van der Waals surface area contributed by atoms with Crippen LogP contribution in [0.25, 0.3) is 0 Å². The number of furan rings is 1. The SMILES string of the molecule is COc1ncccc1C(=O)N(C)Cc1ccc(C2CC2C)o1. The minimum atomic E-state index is -0.136. The van der Waals surface area contributed by atoms with Gasteiger partial charge < -0.3 is 14.1 Å². The van der Waals surface area contributed by atoms with Gasteiger partial charge in [-0.3, -0.25) is 4.79 Å². The van der Waals surface area contributed by atoms with E-state index in [9.17, 15) is 4.79 Å². The maximum Gasteiger partial charge on any atom is 0.259 e. The van der Waals surface area contributed by atoms with Gasteiger partial charge in [-0.1, -0.05) is 6.92 Å². The molecule has 2 unspecified atom stereocenters. The Kier molecular flexibility index (Phi) is 3.88. The molecule has 22 heavy (non-hydrogen) atoms. The zero-order valence-electron chi connectivity index (χ0n) is 13.1. The van der Waals surface area contributed by atoms with Crippen LogP contribution >= 0.6 is 0 Å². The number of pyridine rings is 1. The largest absolute Gasteiger partial charge is 0.480 e. The maximum atomic E-state index is 12.5. The van der Waals surface area contributed by atoms with Crippen molar-refractivity contribution in [1.82, 2.24) is 9.88 Å². The molecule has 0 bridgehead atoms. The molecule has 0 aliphatic heterocycles. The lowest BCUT2D eigenvalue weighted by molar-refractivity contribution is 0.0770. The van der Waals surface area contributed by atoms with E-state index in [2.05, 4.69) is 11.9 Å². The molecule has 1 fully saturated rings. The molecule has 1 amide bonds. The third-order valence-electron chi connectivity index (χ3n) is 4.09. The second-order valence-electron chi connectivity index (χ2n) is 5.85.